The van der Waals surface area contributed by atoms with E-state index in [1.165, 1.54) is 23.3 Å². The lowest BCUT2D eigenvalue weighted by Gasteiger charge is -2.39. The Morgan fingerprint density at radius 2 is 1.66 bits per heavy atom. The van der Waals surface area contributed by atoms with Gasteiger partial charge in [0.05, 0.1) is 0 Å². The van der Waals surface area contributed by atoms with Crippen LogP contribution in [0.15, 0.2) is 48.5 Å². The van der Waals surface area contributed by atoms with Crippen LogP contribution in [-0.2, 0) is 11.3 Å². The third-order valence-corrected chi connectivity index (χ3v) is 6.21. The minimum atomic E-state index is -0.212. The second-order valence-corrected chi connectivity index (χ2v) is 8.33. The molecule has 2 aromatic rings. The van der Waals surface area contributed by atoms with E-state index in [0.717, 1.165) is 64.3 Å². The van der Waals surface area contributed by atoms with Crippen molar-refractivity contribution in [2.24, 2.45) is 5.92 Å². The van der Waals surface area contributed by atoms with Gasteiger partial charge in [0.1, 0.15) is 5.82 Å². The zero-order valence-corrected chi connectivity index (χ0v) is 17.2. The van der Waals surface area contributed by atoms with Crippen LogP contribution in [0, 0.1) is 18.7 Å². The zero-order chi connectivity index (χ0) is 20.2. The fourth-order valence-corrected chi connectivity index (χ4v) is 4.50. The molecule has 4 rings (SSSR count). The van der Waals surface area contributed by atoms with E-state index in [0.29, 0.717) is 5.91 Å². The SMILES string of the molecule is Cc1cccc(CN2CCC(C(=O)N3CCN(c4ccc(F)cc4)CC3)CC2)c1. The monoisotopic (exact) mass is 395 g/mol. The molecule has 4 nitrogen and oxygen atoms in total. The van der Waals surface area contributed by atoms with Crippen LogP contribution in [0.25, 0.3) is 0 Å². The van der Waals surface area contributed by atoms with E-state index in [-0.39, 0.29) is 11.7 Å². The smallest absolute Gasteiger partial charge is 0.225 e. The molecule has 29 heavy (non-hydrogen) atoms. The number of nitrogens with zero attached hydrogens (tertiary/aromatic N) is 3. The molecule has 2 heterocycles. The summed E-state index contributed by atoms with van der Waals surface area (Å²) in [7, 11) is 0. The van der Waals surface area contributed by atoms with Crippen LogP contribution in [0.2, 0.25) is 0 Å². The van der Waals surface area contributed by atoms with Crippen LogP contribution < -0.4 is 4.90 Å². The molecular weight excluding hydrogens is 365 g/mol. The molecule has 0 spiro atoms. The highest BCUT2D eigenvalue weighted by Crippen LogP contribution is 2.23. The van der Waals surface area contributed by atoms with E-state index >= 15 is 0 Å². The first-order chi connectivity index (χ1) is 14.1. The first kappa shape index (κ1) is 19.9. The summed E-state index contributed by atoms with van der Waals surface area (Å²) in [6.07, 6.45) is 1.89. The lowest BCUT2D eigenvalue weighted by molar-refractivity contribution is -0.137. The summed E-state index contributed by atoms with van der Waals surface area (Å²) in [4.78, 5) is 19.7. The molecule has 5 heteroatoms. The van der Waals surface area contributed by atoms with Crippen LogP contribution in [-0.4, -0.2) is 55.0 Å². The predicted octanol–water partition coefficient (Wildman–Crippen LogP) is 3.69. The first-order valence-electron chi connectivity index (χ1n) is 10.7. The van der Waals surface area contributed by atoms with Crippen molar-refractivity contribution >= 4 is 11.6 Å². The van der Waals surface area contributed by atoms with E-state index in [4.69, 9.17) is 0 Å². The van der Waals surface area contributed by atoms with Crippen molar-refractivity contribution in [3.05, 3.63) is 65.5 Å². The number of hydrogen-bond donors (Lipinski definition) is 0. The third-order valence-electron chi connectivity index (χ3n) is 6.21. The topological polar surface area (TPSA) is 26.8 Å². The van der Waals surface area contributed by atoms with Crippen molar-refractivity contribution in [3.63, 3.8) is 0 Å². The molecule has 2 aromatic carbocycles. The normalized spacial score (nSPS) is 18.8. The van der Waals surface area contributed by atoms with Crippen LogP contribution in [0.1, 0.15) is 24.0 Å². The van der Waals surface area contributed by atoms with Gasteiger partial charge in [-0.15, -0.1) is 0 Å². The lowest BCUT2D eigenvalue weighted by atomic mass is 9.94. The van der Waals surface area contributed by atoms with Gasteiger partial charge in [-0.3, -0.25) is 9.69 Å². The maximum atomic E-state index is 13.1. The molecule has 2 aliphatic heterocycles. The van der Waals surface area contributed by atoms with Crippen molar-refractivity contribution in [1.82, 2.24) is 9.80 Å². The van der Waals surface area contributed by atoms with E-state index in [1.807, 2.05) is 17.0 Å². The molecule has 2 saturated heterocycles. The van der Waals surface area contributed by atoms with Crippen LogP contribution in [0.3, 0.4) is 0 Å². The zero-order valence-electron chi connectivity index (χ0n) is 17.2. The third kappa shape index (κ3) is 4.96. The van der Waals surface area contributed by atoms with Crippen molar-refractivity contribution in [2.75, 3.05) is 44.2 Å². The number of hydrogen-bond acceptors (Lipinski definition) is 3. The van der Waals surface area contributed by atoms with Crippen molar-refractivity contribution < 1.29 is 9.18 Å². The van der Waals surface area contributed by atoms with Crippen molar-refractivity contribution in [2.45, 2.75) is 26.3 Å². The molecule has 0 aliphatic carbocycles. The molecule has 0 radical (unpaired) electrons. The summed E-state index contributed by atoms with van der Waals surface area (Å²) in [5.74, 6) is 0.261. The van der Waals surface area contributed by atoms with Crippen molar-refractivity contribution in [1.29, 1.82) is 0 Å². The van der Waals surface area contributed by atoms with Gasteiger partial charge in [0.2, 0.25) is 5.91 Å². The fraction of sp³-hybridized carbons (Fsp3) is 0.458. The molecule has 0 bridgehead atoms. The molecular formula is C24H30FN3O. The van der Waals surface area contributed by atoms with Crippen LogP contribution in [0.5, 0.6) is 0 Å². The van der Waals surface area contributed by atoms with Crippen molar-refractivity contribution in [3.8, 4) is 0 Å². The number of benzene rings is 2. The van der Waals surface area contributed by atoms with Gasteiger partial charge < -0.3 is 9.80 Å². The molecule has 154 valence electrons. The highest BCUT2D eigenvalue weighted by molar-refractivity contribution is 5.79. The predicted molar refractivity (Wildman–Crippen MR) is 114 cm³/mol. The maximum Gasteiger partial charge on any atom is 0.225 e. The Morgan fingerprint density at radius 3 is 2.31 bits per heavy atom. The Morgan fingerprint density at radius 1 is 0.966 bits per heavy atom. The van der Waals surface area contributed by atoms with Gasteiger partial charge in [-0.25, -0.2) is 4.39 Å². The van der Waals surface area contributed by atoms with Gasteiger partial charge in [-0.1, -0.05) is 29.8 Å². The molecule has 0 aromatic heterocycles. The summed E-state index contributed by atoms with van der Waals surface area (Å²) in [5, 5.41) is 0. The van der Waals surface area contributed by atoms with E-state index in [1.54, 1.807) is 0 Å². The molecule has 2 fully saturated rings. The average Bonchev–Trinajstić information content (AvgIpc) is 2.75. The van der Waals surface area contributed by atoms with E-state index in [2.05, 4.69) is 41.0 Å². The number of likely N-dealkylation sites (tertiary alicyclic amines) is 1. The Hall–Kier alpha value is -2.40. The molecule has 0 saturated carbocycles. The van der Waals surface area contributed by atoms with Gasteiger partial charge >= 0.3 is 0 Å². The lowest BCUT2D eigenvalue weighted by Crippen LogP contribution is -2.51. The van der Waals surface area contributed by atoms with Gasteiger partial charge in [0.25, 0.3) is 0 Å². The molecule has 2 aliphatic rings. The standard InChI is InChI=1S/C24H30FN3O/c1-19-3-2-4-20(17-19)18-26-11-9-21(10-12-26)24(29)28-15-13-27(14-16-28)23-7-5-22(25)6-8-23/h2-8,17,21H,9-16,18H2,1H3. The fourth-order valence-electron chi connectivity index (χ4n) is 4.50. The number of aryl methyl sites for hydroxylation is 1. The number of carbonyl (C=O) groups excluding carboxylic acids is 1. The van der Waals surface area contributed by atoms with Crippen LogP contribution >= 0.6 is 0 Å². The molecule has 0 N–H and O–H groups in total. The largest absolute Gasteiger partial charge is 0.368 e. The number of piperazine rings is 1. The first-order valence-corrected chi connectivity index (χ1v) is 10.7. The number of amides is 1. The Kier molecular flexibility index (Phi) is 6.14. The van der Waals surface area contributed by atoms with Gasteiger partial charge in [0, 0.05) is 44.3 Å². The minimum absolute atomic E-state index is 0.154. The summed E-state index contributed by atoms with van der Waals surface area (Å²) in [6, 6.07) is 15.3. The summed E-state index contributed by atoms with van der Waals surface area (Å²) >= 11 is 0. The van der Waals surface area contributed by atoms with Crippen LogP contribution in [0.4, 0.5) is 10.1 Å². The number of carbonyl (C=O) groups is 1. The highest BCUT2D eigenvalue weighted by atomic mass is 19.1. The van der Waals surface area contributed by atoms with Gasteiger partial charge in [-0.2, -0.15) is 0 Å². The second-order valence-electron chi connectivity index (χ2n) is 8.33. The Bertz CT molecular complexity index is 822. The molecule has 1 amide bonds. The molecule has 0 atom stereocenters. The Labute approximate surface area is 172 Å². The Balaban J connectivity index is 1.24. The van der Waals surface area contributed by atoms with E-state index in [9.17, 15) is 9.18 Å². The second kappa shape index (κ2) is 8.95. The summed E-state index contributed by atoms with van der Waals surface area (Å²) < 4.78 is 13.1. The number of rotatable bonds is 4. The van der Waals surface area contributed by atoms with Gasteiger partial charge in [0.15, 0.2) is 0 Å². The maximum absolute atomic E-state index is 13.1. The summed E-state index contributed by atoms with van der Waals surface area (Å²) in [5.41, 5.74) is 3.68. The number of anilines is 1. The minimum Gasteiger partial charge on any atom is -0.368 e. The average molecular weight is 396 g/mol. The van der Waals surface area contributed by atoms with Gasteiger partial charge in [-0.05, 0) is 62.7 Å². The quantitative estimate of drug-likeness (QED) is 0.790. The number of halogens is 1. The highest BCUT2D eigenvalue weighted by Gasteiger charge is 2.30. The number of piperidine rings is 1. The van der Waals surface area contributed by atoms with E-state index < -0.39 is 0 Å². The summed E-state index contributed by atoms with van der Waals surface area (Å²) in [6.45, 7) is 8.19. The molecule has 0 unspecified atom stereocenters.